The lowest BCUT2D eigenvalue weighted by molar-refractivity contribution is -0.138. The van der Waals surface area contributed by atoms with Gasteiger partial charge in [0.15, 0.2) is 0 Å². The first kappa shape index (κ1) is 18.5. The molecule has 0 aromatic heterocycles. The van der Waals surface area contributed by atoms with Crippen molar-refractivity contribution in [3.8, 4) is 0 Å². The quantitative estimate of drug-likeness (QED) is 0.570. The molecule has 1 heterocycles. The monoisotopic (exact) mass is 370 g/mol. The number of nitrogens with one attached hydrogen (secondary N) is 1. The molecule has 0 spiro atoms. The summed E-state index contributed by atoms with van der Waals surface area (Å²) in [6.07, 6.45) is 0. The number of piperazine rings is 1. The smallest absolute Gasteiger partial charge is 0.335 e. The number of anilines is 4. The molecule has 0 unspecified atom stereocenters. The summed E-state index contributed by atoms with van der Waals surface area (Å²) in [6.45, 7) is 2.99. The molecule has 0 atom stereocenters. The second kappa shape index (κ2) is 7.96. The van der Waals surface area contributed by atoms with Gasteiger partial charge < -0.3 is 26.2 Å². The number of rotatable bonds is 6. The Labute approximate surface area is 156 Å². The summed E-state index contributed by atoms with van der Waals surface area (Å²) in [5.41, 5.74) is 8.98. The van der Waals surface area contributed by atoms with E-state index in [1.165, 1.54) is 12.1 Å². The summed E-state index contributed by atoms with van der Waals surface area (Å²) in [6, 6.07) is 12.4. The van der Waals surface area contributed by atoms with Crippen LogP contribution in [0.15, 0.2) is 42.5 Å². The van der Waals surface area contributed by atoms with E-state index in [0.717, 1.165) is 24.5 Å². The maximum absolute atomic E-state index is 11.0. The zero-order valence-electron chi connectivity index (χ0n) is 14.8. The van der Waals surface area contributed by atoms with Crippen molar-refractivity contribution in [3.05, 3.63) is 48.0 Å². The molecule has 142 valence electrons. The van der Waals surface area contributed by atoms with Crippen LogP contribution in [-0.4, -0.2) is 59.8 Å². The van der Waals surface area contributed by atoms with Crippen LogP contribution in [0.2, 0.25) is 0 Å². The number of hydrogen-bond donors (Lipinski definition) is 4. The average molecular weight is 370 g/mol. The third kappa shape index (κ3) is 4.68. The number of aromatic carboxylic acids is 1. The maximum atomic E-state index is 11.0. The van der Waals surface area contributed by atoms with Gasteiger partial charge in [0, 0.05) is 37.6 Å². The Kier molecular flexibility index (Phi) is 5.46. The zero-order chi connectivity index (χ0) is 19.4. The van der Waals surface area contributed by atoms with Gasteiger partial charge in [0.05, 0.1) is 23.5 Å². The minimum absolute atomic E-state index is 0.0705. The van der Waals surface area contributed by atoms with E-state index in [1.54, 1.807) is 6.07 Å². The van der Waals surface area contributed by atoms with E-state index < -0.39 is 11.9 Å². The van der Waals surface area contributed by atoms with Crippen LogP contribution in [0.4, 0.5) is 22.7 Å². The maximum Gasteiger partial charge on any atom is 0.335 e. The molecular weight excluding hydrogens is 348 g/mol. The van der Waals surface area contributed by atoms with Gasteiger partial charge >= 0.3 is 11.9 Å². The Balaban J connectivity index is 1.68. The van der Waals surface area contributed by atoms with E-state index in [4.69, 9.17) is 15.9 Å². The fourth-order valence-corrected chi connectivity index (χ4v) is 3.10. The molecule has 0 bridgehead atoms. The molecule has 1 aliphatic heterocycles. The highest BCUT2D eigenvalue weighted by Gasteiger charge is 2.19. The fourth-order valence-electron chi connectivity index (χ4n) is 3.10. The summed E-state index contributed by atoms with van der Waals surface area (Å²) in [4.78, 5) is 26.0. The number of carboxylic acid groups (broad SMARTS) is 2. The average Bonchev–Trinajstić information content (AvgIpc) is 2.63. The number of nitrogens with zero attached hydrogens (tertiary/aromatic N) is 2. The number of hydrogen-bond acceptors (Lipinski definition) is 6. The standard InChI is InChI=1S/C19H22N4O4/c20-16-10-13(19(26)27)4-5-17(16)21-14-2-1-3-15(11-14)23-8-6-22(7-9-23)12-18(24)25/h1-5,10-11,21H,6-9,12,20H2,(H,24,25)(H,26,27). The number of nitrogens with two attached hydrogens (primary N) is 1. The predicted octanol–water partition coefficient (Wildman–Crippen LogP) is 1.92. The first-order chi connectivity index (χ1) is 12.9. The van der Waals surface area contributed by atoms with Gasteiger partial charge in [-0.05, 0) is 36.4 Å². The van der Waals surface area contributed by atoms with Crippen molar-refractivity contribution >= 4 is 34.7 Å². The summed E-state index contributed by atoms with van der Waals surface area (Å²) in [5.74, 6) is -1.82. The first-order valence-electron chi connectivity index (χ1n) is 8.61. The summed E-state index contributed by atoms with van der Waals surface area (Å²) >= 11 is 0. The Morgan fingerprint density at radius 1 is 1.04 bits per heavy atom. The van der Waals surface area contributed by atoms with E-state index in [0.29, 0.717) is 24.5 Å². The third-order valence-corrected chi connectivity index (χ3v) is 4.52. The second-order valence-corrected chi connectivity index (χ2v) is 6.44. The lowest BCUT2D eigenvalue weighted by atomic mass is 10.1. The number of nitrogen functional groups attached to an aromatic ring is 1. The van der Waals surface area contributed by atoms with Gasteiger partial charge in [0.25, 0.3) is 0 Å². The van der Waals surface area contributed by atoms with Crippen LogP contribution >= 0.6 is 0 Å². The molecule has 0 aliphatic carbocycles. The number of carbonyl (C=O) groups is 2. The lowest BCUT2D eigenvalue weighted by Crippen LogP contribution is -2.47. The highest BCUT2D eigenvalue weighted by molar-refractivity contribution is 5.91. The van der Waals surface area contributed by atoms with Crippen molar-refractivity contribution in [2.24, 2.45) is 0 Å². The van der Waals surface area contributed by atoms with Gasteiger partial charge in [0.1, 0.15) is 0 Å². The summed E-state index contributed by atoms with van der Waals surface area (Å²) in [5, 5.41) is 21.1. The van der Waals surface area contributed by atoms with E-state index >= 15 is 0 Å². The molecule has 0 amide bonds. The molecule has 5 N–H and O–H groups in total. The molecule has 3 rings (SSSR count). The fraction of sp³-hybridized carbons (Fsp3) is 0.263. The van der Waals surface area contributed by atoms with Crippen molar-refractivity contribution in [2.75, 3.05) is 48.7 Å². The topological polar surface area (TPSA) is 119 Å². The van der Waals surface area contributed by atoms with Crippen LogP contribution in [0.25, 0.3) is 0 Å². The number of aliphatic carboxylic acids is 1. The van der Waals surface area contributed by atoms with E-state index in [1.807, 2.05) is 29.2 Å². The van der Waals surface area contributed by atoms with Crippen molar-refractivity contribution < 1.29 is 19.8 Å². The molecule has 2 aromatic carbocycles. The van der Waals surface area contributed by atoms with Crippen LogP contribution in [0.5, 0.6) is 0 Å². The molecule has 27 heavy (non-hydrogen) atoms. The van der Waals surface area contributed by atoms with E-state index in [-0.39, 0.29) is 12.1 Å². The lowest BCUT2D eigenvalue weighted by Gasteiger charge is -2.35. The highest BCUT2D eigenvalue weighted by Crippen LogP contribution is 2.27. The van der Waals surface area contributed by atoms with Crippen molar-refractivity contribution in [1.29, 1.82) is 0 Å². The molecule has 0 radical (unpaired) electrons. The van der Waals surface area contributed by atoms with Gasteiger partial charge in [-0.1, -0.05) is 6.07 Å². The largest absolute Gasteiger partial charge is 0.480 e. The Bertz CT molecular complexity index is 847. The van der Waals surface area contributed by atoms with Gasteiger partial charge in [-0.15, -0.1) is 0 Å². The minimum Gasteiger partial charge on any atom is -0.480 e. The molecule has 8 nitrogen and oxygen atoms in total. The van der Waals surface area contributed by atoms with E-state index in [2.05, 4.69) is 10.2 Å². The molecule has 1 saturated heterocycles. The van der Waals surface area contributed by atoms with Crippen LogP contribution in [0.3, 0.4) is 0 Å². The first-order valence-corrected chi connectivity index (χ1v) is 8.61. The van der Waals surface area contributed by atoms with Gasteiger partial charge in [-0.3, -0.25) is 9.69 Å². The van der Waals surface area contributed by atoms with Gasteiger partial charge in [-0.2, -0.15) is 0 Å². The summed E-state index contributed by atoms with van der Waals surface area (Å²) < 4.78 is 0. The molecule has 0 saturated carbocycles. The van der Waals surface area contributed by atoms with Crippen LogP contribution < -0.4 is 16.0 Å². The Morgan fingerprint density at radius 3 is 2.41 bits per heavy atom. The summed E-state index contributed by atoms with van der Waals surface area (Å²) in [7, 11) is 0. The molecule has 8 heteroatoms. The van der Waals surface area contributed by atoms with Crippen LogP contribution in [-0.2, 0) is 4.79 Å². The SMILES string of the molecule is Nc1cc(C(=O)O)ccc1Nc1cccc(N2CCN(CC(=O)O)CC2)c1. The van der Waals surface area contributed by atoms with Crippen LogP contribution in [0.1, 0.15) is 10.4 Å². The van der Waals surface area contributed by atoms with Crippen molar-refractivity contribution in [1.82, 2.24) is 4.90 Å². The zero-order valence-corrected chi connectivity index (χ0v) is 14.8. The van der Waals surface area contributed by atoms with Gasteiger partial charge in [0.2, 0.25) is 0 Å². The normalized spacial score (nSPS) is 14.7. The predicted molar refractivity (Wildman–Crippen MR) is 104 cm³/mol. The Hall–Kier alpha value is -3.26. The molecule has 1 fully saturated rings. The molecular formula is C19H22N4O4. The number of carboxylic acids is 2. The highest BCUT2D eigenvalue weighted by atomic mass is 16.4. The van der Waals surface area contributed by atoms with Gasteiger partial charge in [-0.25, -0.2) is 4.79 Å². The molecule has 1 aliphatic rings. The minimum atomic E-state index is -1.02. The third-order valence-electron chi connectivity index (χ3n) is 4.52. The van der Waals surface area contributed by atoms with Crippen molar-refractivity contribution in [2.45, 2.75) is 0 Å². The Morgan fingerprint density at radius 2 is 1.78 bits per heavy atom. The van der Waals surface area contributed by atoms with Crippen LogP contribution in [0, 0.1) is 0 Å². The second-order valence-electron chi connectivity index (χ2n) is 6.44. The van der Waals surface area contributed by atoms with E-state index in [9.17, 15) is 9.59 Å². The number of benzene rings is 2. The van der Waals surface area contributed by atoms with Crippen molar-refractivity contribution in [3.63, 3.8) is 0 Å². The molecule has 2 aromatic rings.